The maximum atomic E-state index is 11.1. The van der Waals surface area contributed by atoms with E-state index in [2.05, 4.69) is 31.0 Å². The van der Waals surface area contributed by atoms with Gasteiger partial charge in [-0.2, -0.15) is 4.98 Å². The molecule has 18 heavy (non-hydrogen) atoms. The first kappa shape index (κ1) is 13.0. The zero-order chi connectivity index (χ0) is 13.1. The van der Waals surface area contributed by atoms with E-state index in [9.17, 15) is 9.59 Å². The van der Waals surface area contributed by atoms with Gasteiger partial charge in [-0.15, -0.1) is 0 Å². The maximum Gasteiger partial charge on any atom is 0.339 e. The summed E-state index contributed by atoms with van der Waals surface area (Å²) in [5.41, 5.74) is -0.633. The lowest BCUT2D eigenvalue weighted by atomic mass is 10.4. The van der Waals surface area contributed by atoms with Crippen molar-refractivity contribution in [3.63, 3.8) is 0 Å². The molecule has 0 saturated carbocycles. The van der Waals surface area contributed by atoms with Gasteiger partial charge in [0.15, 0.2) is 5.16 Å². The standard InChI is InChI=1S/C10H9BrN4O2S/c1-15-10(13-8(16)9(17)14-15)18-5-7-3-2-6(11)4-12-7/h2-4H,5H2,1H3,(H,14,17). The Labute approximate surface area is 115 Å². The van der Waals surface area contributed by atoms with Crippen LogP contribution < -0.4 is 11.1 Å². The van der Waals surface area contributed by atoms with Gasteiger partial charge in [0.05, 0.1) is 5.69 Å². The van der Waals surface area contributed by atoms with Crippen molar-refractivity contribution in [2.75, 3.05) is 0 Å². The number of aryl methyl sites for hydroxylation is 1. The molecule has 2 aromatic rings. The fraction of sp³-hybridized carbons (Fsp3) is 0.200. The van der Waals surface area contributed by atoms with E-state index >= 15 is 0 Å². The van der Waals surface area contributed by atoms with E-state index in [0.29, 0.717) is 10.9 Å². The highest BCUT2D eigenvalue weighted by molar-refractivity contribution is 9.10. The van der Waals surface area contributed by atoms with Crippen molar-refractivity contribution < 1.29 is 0 Å². The van der Waals surface area contributed by atoms with E-state index in [0.717, 1.165) is 10.2 Å². The van der Waals surface area contributed by atoms with E-state index < -0.39 is 11.1 Å². The van der Waals surface area contributed by atoms with Crippen LogP contribution in [0.2, 0.25) is 0 Å². The number of hydrogen-bond donors (Lipinski definition) is 1. The summed E-state index contributed by atoms with van der Waals surface area (Å²) in [5, 5.41) is 2.84. The third-order valence-electron chi connectivity index (χ3n) is 2.09. The highest BCUT2D eigenvalue weighted by Gasteiger charge is 2.05. The molecule has 0 amide bonds. The molecule has 2 rings (SSSR count). The molecule has 0 fully saturated rings. The van der Waals surface area contributed by atoms with Crippen LogP contribution in [0.5, 0.6) is 0 Å². The molecule has 0 aliphatic carbocycles. The Kier molecular flexibility index (Phi) is 3.97. The molecule has 1 N–H and O–H groups in total. The minimum atomic E-state index is -0.778. The SMILES string of the molecule is Cn1[nH]c(=O)c(=O)nc1SCc1ccc(Br)cn1. The minimum Gasteiger partial charge on any atom is -0.265 e. The van der Waals surface area contributed by atoms with E-state index in [1.807, 2.05) is 12.1 Å². The van der Waals surface area contributed by atoms with Crippen LogP contribution >= 0.6 is 27.7 Å². The van der Waals surface area contributed by atoms with Gasteiger partial charge in [-0.25, -0.2) is 0 Å². The Bertz CT molecular complexity index is 665. The van der Waals surface area contributed by atoms with Crippen LogP contribution in [0.15, 0.2) is 37.5 Å². The first-order valence-corrected chi connectivity index (χ1v) is 6.74. The zero-order valence-corrected chi connectivity index (χ0v) is 11.8. The summed E-state index contributed by atoms with van der Waals surface area (Å²) < 4.78 is 2.33. The Balaban J connectivity index is 2.15. The predicted octanol–water partition coefficient (Wildman–Crippen LogP) is 0.918. The van der Waals surface area contributed by atoms with E-state index in [-0.39, 0.29) is 0 Å². The number of halogens is 1. The first-order valence-electron chi connectivity index (χ1n) is 4.97. The first-order chi connectivity index (χ1) is 8.56. The van der Waals surface area contributed by atoms with Gasteiger partial charge in [-0.3, -0.25) is 24.4 Å². The second kappa shape index (κ2) is 5.49. The van der Waals surface area contributed by atoms with Crippen molar-refractivity contribution in [3.05, 3.63) is 49.2 Å². The molecule has 8 heteroatoms. The third kappa shape index (κ3) is 3.08. The van der Waals surface area contributed by atoms with Gasteiger partial charge in [0, 0.05) is 23.5 Å². The molecule has 0 atom stereocenters. The lowest BCUT2D eigenvalue weighted by Crippen LogP contribution is -2.33. The molecule has 0 aliphatic heterocycles. The Hall–Kier alpha value is -1.41. The van der Waals surface area contributed by atoms with E-state index in [1.54, 1.807) is 13.2 Å². The number of nitrogens with zero attached hydrogens (tertiary/aromatic N) is 3. The summed E-state index contributed by atoms with van der Waals surface area (Å²) in [5.74, 6) is 0.569. The van der Waals surface area contributed by atoms with Crippen molar-refractivity contribution in [3.8, 4) is 0 Å². The number of hydrogen-bond acceptors (Lipinski definition) is 5. The average Bonchev–Trinajstić information content (AvgIpc) is 2.34. The number of nitrogens with one attached hydrogen (secondary N) is 1. The second-order valence-corrected chi connectivity index (χ2v) is 5.31. The van der Waals surface area contributed by atoms with Crippen LogP contribution in [0, 0.1) is 0 Å². The largest absolute Gasteiger partial charge is 0.339 e. The number of pyridine rings is 1. The number of thioether (sulfide) groups is 1. The summed E-state index contributed by atoms with van der Waals surface area (Å²) in [6, 6.07) is 3.77. The van der Waals surface area contributed by atoms with Gasteiger partial charge in [0.2, 0.25) is 0 Å². The average molecular weight is 329 g/mol. The lowest BCUT2D eigenvalue weighted by Gasteiger charge is -2.05. The van der Waals surface area contributed by atoms with E-state index in [1.165, 1.54) is 16.4 Å². The Morgan fingerprint density at radius 2 is 2.22 bits per heavy atom. The van der Waals surface area contributed by atoms with Crippen LogP contribution in [-0.2, 0) is 12.8 Å². The molecule has 0 radical (unpaired) electrons. The van der Waals surface area contributed by atoms with Gasteiger partial charge < -0.3 is 0 Å². The molecule has 0 saturated heterocycles. The minimum absolute atomic E-state index is 0.448. The summed E-state index contributed by atoms with van der Waals surface area (Å²) in [4.78, 5) is 30.1. The normalized spacial score (nSPS) is 10.6. The summed E-state index contributed by atoms with van der Waals surface area (Å²) in [7, 11) is 1.63. The third-order valence-corrected chi connectivity index (χ3v) is 3.62. The van der Waals surface area contributed by atoms with Gasteiger partial charge in [-0.1, -0.05) is 11.8 Å². The highest BCUT2D eigenvalue weighted by atomic mass is 79.9. The van der Waals surface area contributed by atoms with Gasteiger partial charge in [0.1, 0.15) is 0 Å². The maximum absolute atomic E-state index is 11.1. The summed E-state index contributed by atoms with van der Waals surface area (Å²) in [6.45, 7) is 0. The smallest absolute Gasteiger partial charge is 0.265 e. The molecule has 0 unspecified atom stereocenters. The topological polar surface area (TPSA) is 80.6 Å². The fourth-order valence-corrected chi connectivity index (χ4v) is 2.29. The number of rotatable bonds is 3. The molecule has 2 aromatic heterocycles. The number of aromatic amines is 1. The molecular weight excluding hydrogens is 320 g/mol. The fourth-order valence-electron chi connectivity index (χ4n) is 1.22. The zero-order valence-electron chi connectivity index (χ0n) is 9.38. The van der Waals surface area contributed by atoms with Crippen LogP contribution in [0.3, 0.4) is 0 Å². The monoisotopic (exact) mass is 328 g/mol. The highest BCUT2D eigenvalue weighted by Crippen LogP contribution is 2.18. The molecule has 0 spiro atoms. The van der Waals surface area contributed by atoms with Gasteiger partial charge in [-0.05, 0) is 28.1 Å². The Morgan fingerprint density at radius 3 is 2.89 bits per heavy atom. The molecule has 6 nitrogen and oxygen atoms in total. The Morgan fingerprint density at radius 1 is 1.44 bits per heavy atom. The molecule has 0 aromatic carbocycles. The molecule has 0 bridgehead atoms. The molecular formula is C10H9BrN4O2S. The number of aromatic nitrogens is 4. The van der Waals surface area contributed by atoms with Gasteiger partial charge >= 0.3 is 11.1 Å². The van der Waals surface area contributed by atoms with Crippen molar-refractivity contribution in [2.45, 2.75) is 10.9 Å². The lowest BCUT2D eigenvalue weighted by molar-refractivity contribution is 0.596. The molecule has 0 aliphatic rings. The van der Waals surface area contributed by atoms with Crippen LogP contribution in [-0.4, -0.2) is 19.7 Å². The van der Waals surface area contributed by atoms with Crippen LogP contribution in [0.25, 0.3) is 0 Å². The molecule has 2 heterocycles. The quantitative estimate of drug-likeness (QED) is 0.669. The number of H-pyrrole nitrogens is 1. The summed E-state index contributed by atoms with van der Waals surface area (Å²) in [6.07, 6.45) is 1.70. The molecule has 94 valence electrons. The van der Waals surface area contributed by atoms with E-state index in [4.69, 9.17) is 0 Å². The predicted molar refractivity (Wildman–Crippen MR) is 71.6 cm³/mol. The van der Waals surface area contributed by atoms with Crippen molar-refractivity contribution in [2.24, 2.45) is 7.05 Å². The van der Waals surface area contributed by atoms with Gasteiger partial charge in [0.25, 0.3) is 0 Å². The van der Waals surface area contributed by atoms with Crippen molar-refractivity contribution >= 4 is 27.7 Å². The van der Waals surface area contributed by atoms with Crippen molar-refractivity contribution in [1.82, 2.24) is 19.7 Å². The van der Waals surface area contributed by atoms with Crippen LogP contribution in [0.1, 0.15) is 5.69 Å². The summed E-state index contributed by atoms with van der Waals surface area (Å²) >= 11 is 4.64. The van der Waals surface area contributed by atoms with Crippen molar-refractivity contribution in [1.29, 1.82) is 0 Å². The second-order valence-electron chi connectivity index (χ2n) is 3.46. The van der Waals surface area contributed by atoms with Crippen LogP contribution in [0.4, 0.5) is 0 Å².